The Hall–Kier alpha value is -4.60. The second-order valence-corrected chi connectivity index (χ2v) is 13.8. The fourth-order valence-electron chi connectivity index (χ4n) is 7.16. The number of nitrogens with two attached hydrogens (primary N) is 1. The first-order valence-corrected chi connectivity index (χ1v) is 16.7. The average Bonchev–Trinajstić information content (AvgIpc) is 3.83. The minimum Gasteiger partial charge on any atom is -0.373 e. The summed E-state index contributed by atoms with van der Waals surface area (Å²) in [5.74, 6) is -4.16. The van der Waals surface area contributed by atoms with Crippen LogP contribution in [-0.2, 0) is 33.5 Å². The molecular weight excluding hydrogens is 680 g/mol. The molecule has 1 aromatic carbocycles. The van der Waals surface area contributed by atoms with Gasteiger partial charge in [0.25, 0.3) is 11.8 Å². The van der Waals surface area contributed by atoms with Crippen LogP contribution in [0, 0.1) is 19.7 Å². The van der Waals surface area contributed by atoms with Gasteiger partial charge in [-0.05, 0) is 69.4 Å². The Morgan fingerprint density at radius 2 is 1.73 bits per heavy atom. The smallest absolute Gasteiger partial charge is 0.373 e. The zero-order valence-corrected chi connectivity index (χ0v) is 27.8. The molecule has 2 aromatic heterocycles. The van der Waals surface area contributed by atoms with Crippen molar-refractivity contribution in [2.24, 2.45) is 10.7 Å². The van der Waals surface area contributed by atoms with Gasteiger partial charge in [0.1, 0.15) is 28.7 Å². The zero-order valence-electron chi connectivity index (χ0n) is 27.8. The minimum atomic E-state index is -4.61. The number of halogens is 6. The van der Waals surface area contributed by atoms with Crippen molar-refractivity contribution in [1.29, 1.82) is 0 Å². The van der Waals surface area contributed by atoms with Gasteiger partial charge in [0.05, 0.1) is 24.8 Å². The van der Waals surface area contributed by atoms with Gasteiger partial charge in [-0.1, -0.05) is 0 Å². The number of hydrogen-bond acceptors (Lipinski definition) is 8. The van der Waals surface area contributed by atoms with E-state index in [1.54, 1.807) is 19.9 Å². The zero-order chi connectivity index (χ0) is 36.5. The Morgan fingerprint density at radius 1 is 1.06 bits per heavy atom. The van der Waals surface area contributed by atoms with Gasteiger partial charge in [0, 0.05) is 65.6 Å². The van der Waals surface area contributed by atoms with Crippen molar-refractivity contribution in [3.63, 3.8) is 0 Å². The van der Waals surface area contributed by atoms with E-state index in [1.807, 2.05) is 4.90 Å². The standard InChI is InChI=1S/C35H35F6N7O3/c1-17-29(18(2)44-28(43-17)13-27(42)49)20-11-24(36)23(16-51-21-14-34(37,38)15-21)25(12-20)48-9-7-33(8-10-48)32(50)46-31(47-33)22-5-6-26(35(39,40)41)45-30(22)19-3-4-19/h5-6,11-12,19,21H,3-4,7-10,13-16H2,1-2H3,(H2,42,49)(H,46,47,50). The van der Waals surface area contributed by atoms with Gasteiger partial charge in [-0.2, -0.15) is 13.2 Å². The van der Waals surface area contributed by atoms with E-state index in [0.717, 1.165) is 6.07 Å². The van der Waals surface area contributed by atoms with Crippen molar-refractivity contribution in [2.75, 3.05) is 18.0 Å². The highest BCUT2D eigenvalue weighted by atomic mass is 19.4. The van der Waals surface area contributed by atoms with E-state index < -0.39 is 54.0 Å². The van der Waals surface area contributed by atoms with Crippen molar-refractivity contribution in [2.45, 2.75) is 95.1 Å². The van der Waals surface area contributed by atoms with Crippen LogP contribution in [0.25, 0.3) is 11.1 Å². The van der Waals surface area contributed by atoms with Crippen molar-refractivity contribution < 1.29 is 40.7 Å². The number of anilines is 1. The Labute approximate surface area is 288 Å². The molecule has 0 unspecified atom stereocenters. The van der Waals surface area contributed by atoms with Crippen LogP contribution in [0.15, 0.2) is 29.3 Å². The third-order valence-corrected chi connectivity index (χ3v) is 9.97. The number of carbonyl (C=O) groups is 2. The van der Waals surface area contributed by atoms with E-state index in [0.29, 0.717) is 46.6 Å². The summed E-state index contributed by atoms with van der Waals surface area (Å²) >= 11 is 0. The number of benzene rings is 1. The molecule has 0 bridgehead atoms. The summed E-state index contributed by atoms with van der Waals surface area (Å²) in [5, 5.41) is 2.79. The lowest BCUT2D eigenvalue weighted by atomic mass is 9.87. The van der Waals surface area contributed by atoms with Crippen LogP contribution >= 0.6 is 0 Å². The molecule has 2 aliphatic carbocycles. The summed E-state index contributed by atoms with van der Waals surface area (Å²) in [6, 6.07) is 5.26. The van der Waals surface area contributed by atoms with Crippen LogP contribution in [0.2, 0.25) is 0 Å². The van der Waals surface area contributed by atoms with Crippen LogP contribution < -0.4 is 16.0 Å². The number of primary amides is 1. The van der Waals surface area contributed by atoms with Crippen molar-refractivity contribution in [3.8, 4) is 11.1 Å². The molecule has 16 heteroatoms. The molecule has 2 aliphatic heterocycles. The van der Waals surface area contributed by atoms with E-state index in [4.69, 9.17) is 15.5 Å². The SMILES string of the molecule is Cc1nc(CC(N)=O)nc(C)c1-c1cc(F)c(COC2CC(F)(F)C2)c(N2CCC3(CC2)N=C(c2ccc(C(F)(F)F)nc2C2CC2)NC3=O)c1. The van der Waals surface area contributed by atoms with Crippen LogP contribution in [0.5, 0.6) is 0 Å². The summed E-state index contributed by atoms with van der Waals surface area (Å²) < 4.78 is 89.2. The van der Waals surface area contributed by atoms with Crippen molar-refractivity contribution in [1.82, 2.24) is 20.3 Å². The molecule has 3 fully saturated rings. The van der Waals surface area contributed by atoms with E-state index in [1.165, 1.54) is 12.1 Å². The fraction of sp³-hybridized carbons (Fsp3) is 0.486. The summed E-state index contributed by atoms with van der Waals surface area (Å²) in [4.78, 5) is 44.3. The monoisotopic (exact) mass is 715 g/mol. The van der Waals surface area contributed by atoms with Gasteiger partial charge in [0.2, 0.25) is 5.91 Å². The number of ether oxygens (including phenoxy) is 1. The van der Waals surface area contributed by atoms with E-state index >= 15 is 4.39 Å². The fourth-order valence-corrected chi connectivity index (χ4v) is 7.16. The molecule has 0 radical (unpaired) electrons. The first kappa shape index (κ1) is 34.8. The van der Waals surface area contributed by atoms with Gasteiger partial charge >= 0.3 is 6.18 Å². The lowest BCUT2D eigenvalue weighted by molar-refractivity contribution is -0.169. The summed E-state index contributed by atoms with van der Waals surface area (Å²) in [6.07, 6.45) is -4.60. The van der Waals surface area contributed by atoms with Crippen molar-refractivity contribution in [3.05, 3.63) is 69.8 Å². The molecule has 2 amide bonds. The number of nitrogens with one attached hydrogen (secondary N) is 1. The topological polar surface area (TPSA) is 136 Å². The number of alkyl halides is 5. The molecule has 7 rings (SSSR count). The third kappa shape index (κ3) is 6.89. The number of rotatable bonds is 9. The Morgan fingerprint density at radius 3 is 2.31 bits per heavy atom. The molecule has 4 aliphatic rings. The number of aryl methyl sites for hydroxylation is 2. The average molecular weight is 716 g/mol. The highest BCUT2D eigenvalue weighted by molar-refractivity contribution is 6.16. The summed E-state index contributed by atoms with van der Waals surface area (Å²) in [6.45, 7) is 3.64. The first-order chi connectivity index (χ1) is 24.0. The number of hydrogen-bond donors (Lipinski definition) is 2. The maximum atomic E-state index is 16.1. The molecule has 3 N–H and O–H groups in total. The maximum Gasteiger partial charge on any atom is 0.433 e. The number of piperidine rings is 1. The molecule has 0 atom stereocenters. The van der Waals surface area contributed by atoms with Crippen LogP contribution in [0.4, 0.5) is 32.0 Å². The molecule has 4 heterocycles. The number of amidine groups is 1. The Kier molecular flexibility index (Phi) is 8.58. The lowest BCUT2D eigenvalue weighted by Crippen LogP contribution is -2.49. The largest absolute Gasteiger partial charge is 0.433 e. The number of amides is 2. The molecular formula is C35H35F6N7O3. The quantitative estimate of drug-likeness (QED) is 0.282. The van der Waals surface area contributed by atoms with Crippen LogP contribution in [0.1, 0.15) is 84.2 Å². The second-order valence-electron chi connectivity index (χ2n) is 13.8. The highest BCUT2D eigenvalue weighted by Crippen LogP contribution is 2.44. The van der Waals surface area contributed by atoms with Gasteiger partial charge in [0.15, 0.2) is 0 Å². The molecule has 10 nitrogen and oxygen atoms in total. The molecule has 3 aromatic rings. The summed E-state index contributed by atoms with van der Waals surface area (Å²) in [7, 11) is 0. The first-order valence-electron chi connectivity index (χ1n) is 16.7. The Balaban J connectivity index is 1.18. The predicted octanol–water partition coefficient (Wildman–Crippen LogP) is 5.45. The van der Waals surface area contributed by atoms with E-state index in [2.05, 4.69) is 20.3 Å². The van der Waals surface area contributed by atoms with Gasteiger partial charge < -0.3 is 20.7 Å². The molecule has 51 heavy (non-hydrogen) atoms. The predicted molar refractivity (Wildman–Crippen MR) is 173 cm³/mol. The van der Waals surface area contributed by atoms with E-state index in [9.17, 15) is 31.5 Å². The number of aromatic nitrogens is 3. The van der Waals surface area contributed by atoms with Gasteiger partial charge in [-0.3, -0.25) is 14.6 Å². The maximum absolute atomic E-state index is 16.1. The number of carbonyl (C=O) groups excluding carboxylic acids is 2. The van der Waals surface area contributed by atoms with Crippen LogP contribution in [-0.4, -0.2) is 63.3 Å². The van der Waals surface area contributed by atoms with E-state index in [-0.39, 0.29) is 73.7 Å². The third-order valence-electron chi connectivity index (χ3n) is 9.97. The van der Waals surface area contributed by atoms with Gasteiger partial charge in [-0.15, -0.1) is 0 Å². The van der Waals surface area contributed by atoms with Crippen molar-refractivity contribution >= 4 is 23.3 Å². The highest BCUT2D eigenvalue weighted by Gasteiger charge is 2.48. The normalized spacial score (nSPS) is 20.0. The molecule has 1 spiro atoms. The summed E-state index contributed by atoms with van der Waals surface area (Å²) in [5.41, 5.74) is 6.34. The number of nitrogens with zero attached hydrogens (tertiary/aromatic N) is 5. The number of aliphatic imine (C=N–C) groups is 1. The minimum absolute atomic E-state index is 0.147. The molecule has 2 saturated carbocycles. The number of pyridine rings is 1. The second kappa shape index (κ2) is 12.6. The molecule has 1 saturated heterocycles. The van der Waals surface area contributed by atoms with Crippen LogP contribution in [0.3, 0.4) is 0 Å². The lowest BCUT2D eigenvalue weighted by Gasteiger charge is -2.38. The Bertz CT molecular complexity index is 1920. The van der Waals surface area contributed by atoms with Gasteiger partial charge in [-0.25, -0.2) is 28.1 Å². The molecule has 270 valence electrons.